The van der Waals surface area contributed by atoms with Crippen molar-refractivity contribution in [2.75, 3.05) is 0 Å². The van der Waals surface area contributed by atoms with Crippen molar-refractivity contribution < 1.29 is 6.85 Å². The average Bonchev–Trinajstić information content (AvgIpc) is 3.11. The van der Waals surface area contributed by atoms with Crippen LogP contribution in [-0.4, -0.2) is 8.07 Å². The van der Waals surface area contributed by atoms with E-state index in [1.165, 1.54) is 37.9 Å². The molecule has 0 aliphatic heterocycles. The Morgan fingerprint density at radius 1 is 0.432 bits per heavy atom. The maximum absolute atomic E-state index is 8.75. The highest BCUT2D eigenvalue weighted by atomic mass is 28.3. The van der Waals surface area contributed by atoms with Crippen LogP contribution in [-0.2, 0) is 0 Å². The topological polar surface area (TPSA) is 0 Å². The third-order valence-electron chi connectivity index (χ3n) is 8.91. The molecule has 0 atom stereocenters. The van der Waals surface area contributed by atoms with Gasteiger partial charge in [0.05, 0.1) is 14.9 Å². The van der Waals surface area contributed by atoms with Crippen LogP contribution in [0.25, 0.3) is 76.5 Å². The van der Waals surface area contributed by atoms with Crippen molar-refractivity contribution in [3.63, 3.8) is 0 Å². The van der Waals surface area contributed by atoms with Crippen LogP contribution in [0.1, 0.15) is 6.85 Å². The van der Waals surface area contributed by atoms with Crippen LogP contribution in [0.4, 0.5) is 0 Å². The second kappa shape index (κ2) is 10.3. The smallest absolute Gasteiger partial charge is 0.0656 e. The van der Waals surface area contributed by atoms with Crippen LogP contribution in [0, 0.1) is 0 Å². The van der Waals surface area contributed by atoms with E-state index in [1.54, 1.807) is 0 Å². The Balaban J connectivity index is 1.52. The van der Waals surface area contributed by atoms with Crippen LogP contribution in [0.5, 0.6) is 0 Å². The Bertz CT molecular complexity index is 2620. The van der Waals surface area contributed by atoms with E-state index in [2.05, 4.69) is 117 Å². The van der Waals surface area contributed by atoms with Crippen molar-refractivity contribution in [2.45, 2.75) is 19.6 Å². The van der Waals surface area contributed by atoms with Crippen molar-refractivity contribution in [3.05, 3.63) is 152 Å². The Labute approximate surface area is 267 Å². The average molecular weight is 584 g/mol. The molecule has 8 aromatic carbocycles. The van der Waals surface area contributed by atoms with Gasteiger partial charge in [0.15, 0.2) is 0 Å². The van der Waals surface area contributed by atoms with Gasteiger partial charge in [-0.05, 0) is 76.5 Å². The summed E-state index contributed by atoms with van der Waals surface area (Å²) >= 11 is 0. The number of fused-ring (bicyclic) bond motifs is 4. The van der Waals surface area contributed by atoms with E-state index < -0.39 is 8.07 Å². The molecule has 8 aromatic rings. The largest absolute Gasteiger partial charge is 0.0776 e. The number of benzene rings is 8. The van der Waals surface area contributed by atoms with Gasteiger partial charge in [-0.15, -0.1) is 0 Å². The molecule has 1 heteroatoms. The zero-order valence-electron chi connectivity index (χ0n) is 30.0. The molecule has 0 aromatic heterocycles. The van der Waals surface area contributed by atoms with Crippen LogP contribution in [0.15, 0.2) is 152 Å². The number of hydrogen-bond donors (Lipinski definition) is 0. The summed E-state index contributed by atoms with van der Waals surface area (Å²) in [7, 11) is -1.68. The van der Waals surface area contributed by atoms with Crippen LogP contribution in [0.2, 0.25) is 19.6 Å². The normalized spacial score (nSPS) is 13.6. The van der Waals surface area contributed by atoms with Crippen molar-refractivity contribution >= 4 is 56.4 Å². The summed E-state index contributed by atoms with van der Waals surface area (Å²) in [4.78, 5) is 0. The fourth-order valence-corrected chi connectivity index (χ4v) is 7.96. The Hall–Kier alpha value is -4.98. The minimum absolute atomic E-state index is 0.196. The van der Waals surface area contributed by atoms with Gasteiger partial charge in [-0.1, -0.05) is 176 Å². The monoisotopic (exact) mass is 583 g/mol. The van der Waals surface area contributed by atoms with Gasteiger partial charge in [0.1, 0.15) is 0 Å². The molecule has 0 saturated heterocycles. The predicted octanol–water partition coefficient (Wildman–Crippen LogP) is 11.8. The molecular weight excluding hydrogens is 545 g/mol. The number of hydrogen-bond acceptors (Lipinski definition) is 0. The molecular formula is C43H34Si. The van der Waals surface area contributed by atoms with E-state index in [1.807, 2.05) is 24.3 Å². The molecule has 0 N–H and O–H groups in total. The first-order valence-electron chi connectivity index (χ1n) is 17.6. The molecule has 0 fully saturated rings. The quantitative estimate of drug-likeness (QED) is 0.143. The molecule has 0 spiro atoms. The lowest BCUT2D eigenvalue weighted by Crippen LogP contribution is -2.37. The third kappa shape index (κ3) is 4.27. The van der Waals surface area contributed by atoms with E-state index in [4.69, 9.17) is 6.85 Å². The Kier molecular flexibility index (Phi) is 5.09. The van der Waals surface area contributed by atoms with Crippen LogP contribution < -0.4 is 5.19 Å². The van der Waals surface area contributed by atoms with Crippen molar-refractivity contribution in [1.82, 2.24) is 0 Å². The van der Waals surface area contributed by atoms with Crippen molar-refractivity contribution in [3.8, 4) is 33.4 Å². The van der Waals surface area contributed by atoms with Gasteiger partial charge in [0, 0.05) is 0 Å². The molecule has 8 rings (SSSR count). The molecule has 0 saturated carbocycles. The maximum Gasteiger partial charge on any atom is 0.0776 e. The summed E-state index contributed by atoms with van der Waals surface area (Å²) in [5, 5.41) is 10.3. The van der Waals surface area contributed by atoms with Gasteiger partial charge in [0.25, 0.3) is 0 Å². The van der Waals surface area contributed by atoms with E-state index in [9.17, 15) is 0 Å². The lowest BCUT2D eigenvalue weighted by molar-refractivity contribution is 1.64. The molecule has 0 radical (unpaired) electrons. The van der Waals surface area contributed by atoms with Gasteiger partial charge in [-0.25, -0.2) is 0 Å². The zero-order valence-corrected chi connectivity index (χ0v) is 26.0. The fraction of sp³-hybridized carbons (Fsp3) is 0.0698. The lowest BCUT2D eigenvalue weighted by atomic mass is 9.83. The van der Waals surface area contributed by atoms with Gasteiger partial charge in [-0.3, -0.25) is 0 Å². The summed E-state index contributed by atoms with van der Waals surface area (Å²) in [6.45, 7) is 7.16. The molecule has 0 aliphatic carbocycles. The SMILES string of the molecule is [2H]c1c([2H])c([2H])c(-c2cccc3c(-c4c5ccccc5c(-c5cccc6ccccc56)c5cc([Si](C)(C)C)ccc45)cccc23)c([2H])c1[2H]. The van der Waals surface area contributed by atoms with E-state index >= 15 is 0 Å². The molecule has 0 heterocycles. The second-order valence-corrected chi connectivity index (χ2v) is 17.6. The van der Waals surface area contributed by atoms with Gasteiger partial charge in [-0.2, -0.15) is 0 Å². The van der Waals surface area contributed by atoms with E-state index in [-0.39, 0.29) is 35.8 Å². The second-order valence-electron chi connectivity index (χ2n) is 12.5. The molecule has 0 amide bonds. The fourth-order valence-electron chi connectivity index (χ4n) is 6.80. The molecule has 210 valence electrons. The first-order chi connectivity index (χ1) is 23.6. The van der Waals surface area contributed by atoms with Crippen molar-refractivity contribution in [1.29, 1.82) is 0 Å². The summed E-state index contributed by atoms with van der Waals surface area (Å²) < 4.78 is 42.3. The standard InChI is InChI=1S/C43H34Si/c1-44(2,3)31-26-27-40-41(28-31)43(36-24-11-17-30-16-7-8-18-33(30)36)39-20-10-9-19-38(39)42(40)37-25-13-22-34-32(21-12-23-35(34)37)29-14-5-4-6-15-29/h4-28H,1-3H3/i4D,5D,6D,14D,15D. The van der Waals surface area contributed by atoms with Gasteiger partial charge < -0.3 is 0 Å². The molecule has 0 bridgehead atoms. The zero-order chi connectivity index (χ0) is 34.2. The highest BCUT2D eigenvalue weighted by Gasteiger charge is 2.23. The summed E-state index contributed by atoms with van der Waals surface area (Å²) in [5.41, 5.74) is 5.44. The lowest BCUT2D eigenvalue weighted by Gasteiger charge is -2.23. The summed E-state index contributed by atoms with van der Waals surface area (Å²) in [6.07, 6.45) is 0. The van der Waals surface area contributed by atoms with Gasteiger partial charge >= 0.3 is 0 Å². The first kappa shape index (κ1) is 21.7. The maximum atomic E-state index is 8.75. The van der Waals surface area contributed by atoms with Crippen molar-refractivity contribution in [2.24, 2.45) is 0 Å². The highest BCUT2D eigenvalue weighted by molar-refractivity contribution is 6.88. The minimum Gasteiger partial charge on any atom is -0.0656 e. The van der Waals surface area contributed by atoms with E-state index in [0.717, 1.165) is 32.7 Å². The Morgan fingerprint density at radius 2 is 0.932 bits per heavy atom. The molecule has 0 unspecified atom stereocenters. The predicted molar refractivity (Wildman–Crippen MR) is 196 cm³/mol. The van der Waals surface area contributed by atoms with Crippen LogP contribution >= 0.6 is 0 Å². The summed E-state index contributed by atoms with van der Waals surface area (Å²) in [5.74, 6) is 0. The summed E-state index contributed by atoms with van der Waals surface area (Å²) in [6, 6.07) is 41.5. The first-order valence-corrected chi connectivity index (χ1v) is 18.6. The number of rotatable bonds is 4. The minimum atomic E-state index is -1.68. The third-order valence-corrected chi connectivity index (χ3v) is 11.0. The van der Waals surface area contributed by atoms with Gasteiger partial charge in [0.2, 0.25) is 0 Å². The highest BCUT2D eigenvalue weighted by Crippen LogP contribution is 2.47. The molecule has 0 nitrogen and oxygen atoms in total. The van der Waals surface area contributed by atoms with Crippen LogP contribution in [0.3, 0.4) is 0 Å². The Morgan fingerprint density at radius 3 is 1.64 bits per heavy atom. The van der Waals surface area contributed by atoms with E-state index in [0.29, 0.717) is 5.56 Å². The molecule has 0 aliphatic rings. The molecule has 44 heavy (non-hydrogen) atoms.